The van der Waals surface area contributed by atoms with Crippen molar-refractivity contribution >= 4 is 7.85 Å². The van der Waals surface area contributed by atoms with Gasteiger partial charge in [0, 0.05) is 0 Å². The Morgan fingerprint density at radius 3 is 2.00 bits per heavy atom. The van der Waals surface area contributed by atoms with Crippen LogP contribution in [0.3, 0.4) is 0 Å². The first kappa shape index (κ1) is 7.02. The van der Waals surface area contributed by atoms with Gasteiger partial charge in [-0.2, -0.15) is 0 Å². The molecule has 0 radical (unpaired) electrons. The third-order valence-corrected chi connectivity index (χ3v) is 1.51. The van der Waals surface area contributed by atoms with Crippen molar-refractivity contribution in [1.29, 1.82) is 0 Å². The summed E-state index contributed by atoms with van der Waals surface area (Å²) in [5.41, 5.74) is 5.37. The second kappa shape index (κ2) is 3.08. The van der Waals surface area contributed by atoms with E-state index in [1.165, 1.54) is 0 Å². The third kappa shape index (κ3) is 2.69. The average Bonchev–Trinajstić information content (AvgIpc) is 1.65. The largest absolute Gasteiger partial charge is 0.330 e. The SMILES string of the molecule is BC(C)[C@H](C)CN. The van der Waals surface area contributed by atoms with Gasteiger partial charge >= 0.3 is 0 Å². The fourth-order valence-electron chi connectivity index (χ4n) is 0.272. The van der Waals surface area contributed by atoms with Crippen LogP contribution in [0.25, 0.3) is 0 Å². The summed E-state index contributed by atoms with van der Waals surface area (Å²) in [6.07, 6.45) is 0. The van der Waals surface area contributed by atoms with E-state index in [-0.39, 0.29) is 0 Å². The van der Waals surface area contributed by atoms with E-state index in [0.717, 1.165) is 12.4 Å². The number of rotatable bonds is 2. The summed E-state index contributed by atoms with van der Waals surface area (Å²) in [6.45, 7) is 5.18. The Morgan fingerprint density at radius 1 is 1.57 bits per heavy atom. The van der Waals surface area contributed by atoms with Gasteiger partial charge in [-0.15, -0.1) is 0 Å². The van der Waals surface area contributed by atoms with Gasteiger partial charge in [-0.25, -0.2) is 0 Å². The van der Waals surface area contributed by atoms with Gasteiger partial charge in [-0.1, -0.05) is 19.7 Å². The van der Waals surface area contributed by atoms with Gasteiger partial charge in [0.05, 0.1) is 0 Å². The van der Waals surface area contributed by atoms with Crippen molar-refractivity contribution in [2.45, 2.75) is 19.7 Å². The van der Waals surface area contributed by atoms with Gasteiger partial charge in [0.1, 0.15) is 7.85 Å². The van der Waals surface area contributed by atoms with E-state index in [4.69, 9.17) is 5.73 Å². The van der Waals surface area contributed by atoms with Crippen LogP contribution in [0.1, 0.15) is 13.8 Å². The lowest BCUT2D eigenvalue weighted by Gasteiger charge is -2.10. The first-order valence-electron chi connectivity index (χ1n) is 2.88. The van der Waals surface area contributed by atoms with Gasteiger partial charge in [0.25, 0.3) is 0 Å². The highest BCUT2D eigenvalue weighted by molar-refractivity contribution is 6.11. The van der Waals surface area contributed by atoms with Crippen molar-refractivity contribution < 1.29 is 0 Å². The molecule has 0 saturated carbocycles. The highest BCUT2D eigenvalue weighted by Crippen LogP contribution is 2.09. The van der Waals surface area contributed by atoms with Crippen molar-refractivity contribution in [3.8, 4) is 0 Å². The van der Waals surface area contributed by atoms with E-state index < -0.39 is 0 Å². The quantitative estimate of drug-likeness (QED) is 0.485. The molecular weight excluding hydrogens is 84.9 g/mol. The van der Waals surface area contributed by atoms with Crippen LogP contribution in [0.2, 0.25) is 5.82 Å². The van der Waals surface area contributed by atoms with Gasteiger partial charge in [0.15, 0.2) is 0 Å². The van der Waals surface area contributed by atoms with E-state index in [9.17, 15) is 0 Å². The summed E-state index contributed by atoms with van der Waals surface area (Å²) in [7, 11) is 2.19. The van der Waals surface area contributed by atoms with Crippen LogP contribution in [-0.2, 0) is 0 Å². The predicted octanol–water partition coefficient (Wildman–Crippen LogP) is 0.0227. The zero-order chi connectivity index (χ0) is 5.86. The fraction of sp³-hybridized carbons (Fsp3) is 1.00. The normalized spacial score (nSPS) is 18.7. The molecule has 0 spiro atoms. The molecule has 0 amide bonds. The lowest BCUT2D eigenvalue weighted by Crippen LogP contribution is -2.14. The Labute approximate surface area is 46.7 Å². The lowest BCUT2D eigenvalue weighted by molar-refractivity contribution is 0.575. The van der Waals surface area contributed by atoms with Crippen LogP contribution in [-0.4, -0.2) is 14.4 Å². The minimum absolute atomic E-state index is 0.681. The van der Waals surface area contributed by atoms with Crippen molar-refractivity contribution in [1.82, 2.24) is 0 Å². The molecule has 0 aliphatic heterocycles. The molecule has 0 aromatic rings. The summed E-state index contributed by atoms with van der Waals surface area (Å²) in [5, 5.41) is 0. The Kier molecular flexibility index (Phi) is 3.09. The molecule has 0 aromatic carbocycles. The Balaban J connectivity index is 3.14. The van der Waals surface area contributed by atoms with E-state index in [0.29, 0.717) is 5.92 Å². The van der Waals surface area contributed by atoms with Crippen LogP contribution in [0.4, 0.5) is 0 Å². The van der Waals surface area contributed by atoms with Crippen molar-refractivity contribution in [2.24, 2.45) is 11.7 Å². The molecule has 1 nitrogen and oxygen atoms in total. The van der Waals surface area contributed by atoms with Crippen LogP contribution < -0.4 is 5.73 Å². The summed E-state index contributed by atoms with van der Waals surface area (Å²) >= 11 is 0. The first-order chi connectivity index (χ1) is 3.18. The topological polar surface area (TPSA) is 26.0 Å². The van der Waals surface area contributed by atoms with Crippen LogP contribution in [0.5, 0.6) is 0 Å². The van der Waals surface area contributed by atoms with Gasteiger partial charge < -0.3 is 5.73 Å². The molecule has 0 aliphatic carbocycles. The Hall–Kier alpha value is 0.0249. The van der Waals surface area contributed by atoms with E-state index in [2.05, 4.69) is 21.7 Å². The van der Waals surface area contributed by atoms with Gasteiger partial charge in [-0.05, 0) is 12.5 Å². The molecule has 1 unspecified atom stereocenters. The molecular formula is C5H14BN. The molecule has 0 heterocycles. The monoisotopic (exact) mass is 99.1 g/mol. The van der Waals surface area contributed by atoms with Crippen molar-refractivity contribution in [2.75, 3.05) is 6.54 Å². The standard InChI is InChI=1S/C5H14BN/c1-4(3-7)5(2)6/h4-5H,3,6-7H2,1-2H3/t4-,5?/m1/s1. The van der Waals surface area contributed by atoms with E-state index in [1.807, 2.05) is 0 Å². The number of hydrogen-bond donors (Lipinski definition) is 1. The van der Waals surface area contributed by atoms with Crippen molar-refractivity contribution in [3.63, 3.8) is 0 Å². The van der Waals surface area contributed by atoms with Crippen molar-refractivity contribution in [3.05, 3.63) is 0 Å². The molecule has 0 fully saturated rings. The summed E-state index contributed by atoms with van der Waals surface area (Å²) in [6, 6.07) is 0. The molecule has 42 valence electrons. The van der Waals surface area contributed by atoms with Gasteiger partial charge in [0.2, 0.25) is 0 Å². The van der Waals surface area contributed by atoms with Crippen LogP contribution >= 0.6 is 0 Å². The molecule has 0 aliphatic rings. The zero-order valence-electron chi connectivity index (χ0n) is 5.44. The maximum atomic E-state index is 5.37. The van der Waals surface area contributed by atoms with Gasteiger partial charge in [-0.3, -0.25) is 0 Å². The third-order valence-electron chi connectivity index (χ3n) is 1.51. The molecule has 7 heavy (non-hydrogen) atoms. The Morgan fingerprint density at radius 2 is 2.00 bits per heavy atom. The summed E-state index contributed by atoms with van der Waals surface area (Å²) in [5.74, 6) is 1.42. The molecule has 2 heteroatoms. The van der Waals surface area contributed by atoms with Crippen LogP contribution in [0.15, 0.2) is 0 Å². The minimum Gasteiger partial charge on any atom is -0.330 e. The maximum absolute atomic E-state index is 5.37. The van der Waals surface area contributed by atoms with E-state index >= 15 is 0 Å². The lowest BCUT2D eigenvalue weighted by atomic mass is 9.79. The first-order valence-corrected chi connectivity index (χ1v) is 2.88. The summed E-state index contributed by atoms with van der Waals surface area (Å²) < 4.78 is 0. The average molecular weight is 99.0 g/mol. The van der Waals surface area contributed by atoms with E-state index in [1.54, 1.807) is 0 Å². The predicted molar refractivity (Wildman–Crippen MR) is 36.2 cm³/mol. The Bertz CT molecular complexity index is 45.3. The molecule has 2 N–H and O–H groups in total. The molecule has 0 rings (SSSR count). The molecule has 2 atom stereocenters. The highest BCUT2D eigenvalue weighted by atomic mass is 14.5. The number of hydrogen-bond acceptors (Lipinski definition) is 1. The fourth-order valence-corrected chi connectivity index (χ4v) is 0.272. The smallest absolute Gasteiger partial charge is 0.105 e. The number of nitrogens with two attached hydrogens (primary N) is 1. The second-order valence-corrected chi connectivity index (χ2v) is 2.46. The second-order valence-electron chi connectivity index (χ2n) is 2.46. The highest BCUT2D eigenvalue weighted by Gasteiger charge is 2.01. The molecule has 0 aromatic heterocycles. The molecule has 0 bridgehead atoms. The zero-order valence-corrected chi connectivity index (χ0v) is 5.44. The maximum Gasteiger partial charge on any atom is 0.105 e. The minimum atomic E-state index is 0.681. The summed E-state index contributed by atoms with van der Waals surface area (Å²) in [4.78, 5) is 0. The molecule has 0 saturated heterocycles. The van der Waals surface area contributed by atoms with Crippen LogP contribution in [0, 0.1) is 5.92 Å².